The molecule has 154 valence electrons. The second kappa shape index (κ2) is 6.48. The van der Waals surface area contributed by atoms with Gasteiger partial charge in [-0.05, 0) is 36.5 Å². The molecule has 1 saturated carbocycles. The van der Waals surface area contributed by atoms with Gasteiger partial charge in [-0.2, -0.15) is 18.3 Å². The number of amides is 1. The van der Waals surface area contributed by atoms with E-state index in [2.05, 4.69) is 10.4 Å². The zero-order valence-corrected chi connectivity index (χ0v) is 15.7. The molecule has 3 heterocycles. The Morgan fingerprint density at radius 1 is 1.24 bits per heavy atom. The van der Waals surface area contributed by atoms with E-state index in [-0.39, 0.29) is 18.2 Å². The number of carbonyl (C=O) groups is 1. The van der Waals surface area contributed by atoms with Crippen molar-refractivity contribution in [3.05, 3.63) is 46.3 Å². The number of benzene rings is 1. The summed E-state index contributed by atoms with van der Waals surface area (Å²) in [5.41, 5.74) is 2.22. The predicted molar refractivity (Wildman–Crippen MR) is 98.3 cm³/mol. The molecule has 1 unspecified atom stereocenters. The number of aromatic nitrogens is 2. The largest absolute Gasteiger partial charge is 0.465 e. The van der Waals surface area contributed by atoms with E-state index in [9.17, 15) is 23.1 Å². The third-order valence-corrected chi connectivity index (χ3v) is 6.12. The number of alkyl halides is 3. The number of rotatable bonds is 2. The van der Waals surface area contributed by atoms with E-state index in [0.717, 1.165) is 24.0 Å². The second-order valence-corrected chi connectivity index (χ2v) is 7.96. The first-order chi connectivity index (χ1) is 13.8. The van der Waals surface area contributed by atoms with Crippen molar-refractivity contribution in [2.75, 3.05) is 19.6 Å². The minimum Gasteiger partial charge on any atom is -0.465 e. The lowest BCUT2D eigenvalue weighted by molar-refractivity contribution is -0.137. The summed E-state index contributed by atoms with van der Waals surface area (Å²) in [5.74, 6) is 0.220. The van der Waals surface area contributed by atoms with Gasteiger partial charge in [-0.15, -0.1) is 0 Å². The Kier molecular flexibility index (Phi) is 4.13. The molecular formula is C20H21F3N4O2. The molecule has 1 fully saturated rings. The van der Waals surface area contributed by atoms with E-state index < -0.39 is 23.9 Å². The van der Waals surface area contributed by atoms with E-state index in [4.69, 9.17) is 0 Å². The maximum atomic E-state index is 13.9. The zero-order valence-electron chi connectivity index (χ0n) is 15.7. The molecule has 0 radical (unpaired) electrons. The van der Waals surface area contributed by atoms with Gasteiger partial charge in [0.15, 0.2) is 0 Å². The summed E-state index contributed by atoms with van der Waals surface area (Å²) in [4.78, 5) is 13.0. The van der Waals surface area contributed by atoms with Crippen LogP contribution in [0.1, 0.15) is 52.9 Å². The van der Waals surface area contributed by atoms with Gasteiger partial charge in [0.2, 0.25) is 0 Å². The highest BCUT2D eigenvalue weighted by Crippen LogP contribution is 2.44. The van der Waals surface area contributed by atoms with Crippen LogP contribution in [0.4, 0.5) is 18.0 Å². The first-order valence-corrected chi connectivity index (χ1v) is 9.87. The van der Waals surface area contributed by atoms with Crippen LogP contribution >= 0.6 is 0 Å². The lowest BCUT2D eigenvalue weighted by atomic mass is 9.96. The van der Waals surface area contributed by atoms with Crippen LogP contribution in [-0.2, 0) is 19.0 Å². The Hall–Kier alpha value is -2.55. The van der Waals surface area contributed by atoms with Gasteiger partial charge in [-0.3, -0.25) is 4.90 Å². The maximum absolute atomic E-state index is 13.9. The molecule has 5 rings (SSSR count). The molecule has 29 heavy (non-hydrogen) atoms. The third kappa shape index (κ3) is 3.08. The van der Waals surface area contributed by atoms with Crippen LogP contribution in [0.5, 0.6) is 0 Å². The fourth-order valence-corrected chi connectivity index (χ4v) is 4.59. The van der Waals surface area contributed by atoms with Crippen molar-refractivity contribution >= 4 is 6.09 Å². The summed E-state index contributed by atoms with van der Waals surface area (Å²) in [6, 6.07) is 4.13. The molecule has 9 heteroatoms. The van der Waals surface area contributed by atoms with Gasteiger partial charge >= 0.3 is 12.3 Å². The molecule has 1 amide bonds. The summed E-state index contributed by atoms with van der Waals surface area (Å²) in [7, 11) is 0. The molecule has 6 nitrogen and oxygen atoms in total. The van der Waals surface area contributed by atoms with E-state index in [1.54, 1.807) is 6.07 Å². The summed E-state index contributed by atoms with van der Waals surface area (Å²) >= 11 is 0. The molecule has 1 aromatic carbocycles. The van der Waals surface area contributed by atoms with Crippen molar-refractivity contribution in [2.45, 2.75) is 43.8 Å². The van der Waals surface area contributed by atoms with E-state index in [1.807, 2.05) is 0 Å². The standard InChI is InChI=1S/C20H21F3N4O2/c21-20(22,23)13-9-12(11-1-2-11)3-4-15(13)27-16-6-8-26(19(28)29)17-10-24-7-5-14(25-27)18(16)17/h3-4,9,11,17,24H,1-2,5-8,10H2,(H,28,29). The van der Waals surface area contributed by atoms with Gasteiger partial charge in [0, 0.05) is 38.0 Å². The normalized spacial score (nSPS) is 21.6. The number of nitrogens with one attached hydrogen (secondary N) is 1. The number of carboxylic acid groups (broad SMARTS) is 1. The van der Waals surface area contributed by atoms with Gasteiger partial charge in [-0.1, -0.05) is 6.07 Å². The molecular weight excluding hydrogens is 385 g/mol. The van der Waals surface area contributed by atoms with Crippen LogP contribution in [0.25, 0.3) is 5.69 Å². The monoisotopic (exact) mass is 406 g/mol. The van der Waals surface area contributed by atoms with Crippen molar-refractivity contribution in [3.8, 4) is 5.69 Å². The first-order valence-electron chi connectivity index (χ1n) is 9.87. The zero-order chi connectivity index (χ0) is 20.3. The quantitative estimate of drug-likeness (QED) is 0.801. The lowest BCUT2D eigenvalue weighted by Gasteiger charge is -2.33. The summed E-state index contributed by atoms with van der Waals surface area (Å²) in [6.07, 6.45) is -2.75. The van der Waals surface area contributed by atoms with E-state index in [1.165, 1.54) is 21.7 Å². The highest BCUT2D eigenvalue weighted by atomic mass is 19.4. The Morgan fingerprint density at radius 2 is 2.03 bits per heavy atom. The van der Waals surface area contributed by atoms with Gasteiger partial charge in [0.1, 0.15) is 0 Å². The van der Waals surface area contributed by atoms with Crippen LogP contribution in [0.3, 0.4) is 0 Å². The van der Waals surface area contributed by atoms with Crippen LogP contribution in [0.15, 0.2) is 18.2 Å². The van der Waals surface area contributed by atoms with Gasteiger partial charge in [0.25, 0.3) is 0 Å². The average molecular weight is 406 g/mol. The van der Waals surface area contributed by atoms with Crippen LogP contribution in [-0.4, -0.2) is 45.5 Å². The molecule has 2 aliphatic heterocycles. The summed E-state index contributed by atoms with van der Waals surface area (Å²) in [6.45, 7) is 1.28. The topological polar surface area (TPSA) is 70.4 Å². The van der Waals surface area contributed by atoms with Crippen LogP contribution in [0, 0.1) is 0 Å². The van der Waals surface area contributed by atoms with E-state index >= 15 is 0 Å². The Labute approximate surface area is 165 Å². The minimum absolute atomic E-state index is 0.0282. The number of nitrogens with zero attached hydrogens (tertiary/aromatic N) is 3. The first kappa shape index (κ1) is 18.5. The third-order valence-electron chi connectivity index (χ3n) is 6.12. The molecule has 2 aromatic rings. The van der Waals surface area contributed by atoms with Crippen molar-refractivity contribution in [3.63, 3.8) is 0 Å². The van der Waals surface area contributed by atoms with Gasteiger partial charge in [0.05, 0.1) is 28.7 Å². The Bertz CT molecular complexity index is 981. The molecule has 0 saturated heterocycles. The van der Waals surface area contributed by atoms with E-state index in [0.29, 0.717) is 37.3 Å². The minimum atomic E-state index is -4.49. The SMILES string of the molecule is O=C(O)N1CCc2c3c(nn2-c2ccc(C4CC4)cc2C(F)(F)F)CCNCC31. The van der Waals surface area contributed by atoms with Crippen LogP contribution in [0.2, 0.25) is 0 Å². The van der Waals surface area contributed by atoms with Crippen molar-refractivity contribution < 1.29 is 23.1 Å². The summed E-state index contributed by atoms with van der Waals surface area (Å²) < 4.78 is 43.1. The number of hydrogen-bond acceptors (Lipinski definition) is 3. The van der Waals surface area contributed by atoms with Crippen LogP contribution < -0.4 is 5.32 Å². The molecule has 2 N–H and O–H groups in total. The van der Waals surface area contributed by atoms with Crippen molar-refractivity contribution in [1.82, 2.24) is 20.0 Å². The maximum Gasteiger partial charge on any atom is 0.418 e. The predicted octanol–water partition coefficient (Wildman–Crippen LogP) is 3.49. The molecule has 1 aliphatic carbocycles. The fraction of sp³-hybridized carbons (Fsp3) is 0.500. The number of hydrogen-bond donors (Lipinski definition) is 2. The highest BCUT2D eigenvalue weighted by molar-refractivity contribution is 5.67. The van der Waals surface area contributed by atoms with Gasteiger partial charge < -0.3 is 10.4 Å². The van der Waals surface area contributed by atoms with Crippen molar-refractivity contribution in [1.29, 1.82) is 0 Å². The highest BCUT2D eigenvalue weighted by Gasteiger charge is 2.40. The molecule has 1 atom stereocenters. The van der Waals surface area contributed by atoms with Gasteiger partial charge in [-0.25, -0.2) is 9.48 Å². The fourth-order valence-electron chi connectivity index (χ4n) is 4.59. The Balaban J connectivity index is 1.67. The molecule has 3 aliphatic rings. The molecule has 0 spiro atoms. The van der Waals surface area contributed by atoms with Crippen molar-refractivity contribution in [2.24, 2.45) is 0 Å². The summed E-state index contributed by atoms with van der Waals surface area (Å²) in [5, 5.41) is 17.3. The second-order valence-electron chi connectivity index (χ2n) is 7.96. The average Bonchev–Trinajstić information content (AvgIpc) is 3.47. The Morgan fingerprint density at radius 3 is 2.72 bits per heavy atom. The molecule has 0 bridgehead atoms. The smallest absolute Gasteiger partial charge is 0.418 e. The lowest BCUT2D eigenvalue weighted by Crippen LogP contribution is -2.43. The molecule has 1 aromatic heterocycles. The number of halogens is 3.